The van der Waals surface area contributed by atoms with E-state index in [0.29, 0.717) is 0 Å². The zero-order chi connectivity index (χ0) is 7.40. The quantitative estimate of drug-likeness (QED) is 0.414. The molecule has 0 aromatic carbocycles. The number of nitrogens with zero attached hydrogens (tertiary/aromatic N) is 1. The van der Waals surface area contributed by atoms with Crippen LogP contribution in [0.3, 0.4) is 0 Å². The van der Waals surface area contributed by atoms with Gasteiger partial charge in [0.25, 0.3) is 0 Å². The Morgan fingerprint density at radius 3 is 3.00 bits per heavy atom. The Morgan fingerprint density at radius 1 is 1.60 bits per heavy atom. The van der Waals surface area contributed by atoms with Crippen LogP contribution >= 0.6 is 22.9 Å². The average Bonchev–Trinajstić information content (AvgIpc) is 1.94. The fraction of sp³-hybridized carbons (Fsp3) is 1.00. The van der Waals surface area contributed by atoms with E-state index < -0.39 is 0 Å². The third-order valence-corrected chi connectivity index (χ3v) is 3.22. The highest BCUT2D eigenvalue weighted by Crippen LogP contribution is 2.19. The first-order valence-electron chi connectivity index (χ1n) is 3.82. The van der Waals surface area contributed by atoms with Crippen LogP contribution in [0.2, 0.25) is 0 Å². The molecular weight excluding hydrogens is 241 g/mol. The van der Waals surface area contributed by atoms with Gasteiger partial charge in [-0.2, -0.15) is 0 Å². The van der Waals surface area contributed by atoms with E-state index >= 15 is 0 Å². The van der Waals surface area contributed by atoms with Gasteiger partial charge in [-0.05, 0) is 12.8 Å². The molecular formula is C7H15INO+. The number of hydrogen-bond acceptors (Lipinski definition) is 1. The van der Waals surface area contributed by atoms with Crippen molar-refractivity contribution >= 4 is 22.9 Å². The van der Waals surface area contributed by atoms with E-state index in [-0.39, 0.29) is 0 Å². The van der Waals surface area contributed by atoms with Crippen molar-refractivity contribution in [2.45, 2.75) is 25.3 Å². The molecule has 1 unspecified atom stereocenters. The van der Waals surface area contributed by atoms with Crippen LogP contribution in [-0.4, -0.2) is 34.2 Å². The molecule has 3 heteroatoms. The van der Waals surface area contributed by atoms with Gasteiger partial charge in [-0.15, -0.1) is 0 Å². The Bertz CT molecular complexity index is 97.6. The normalized spacial score (nSPS) is 28.8. The maximum Gasteiger partial charge on any atom is 0.161 e. The van der Waals surface area contributed by atoms with Gasteiger partial charge in [-0.1, -0.05) is 6.42 Å². The Hall–Kier alpha value is 0.650. The summed E-state index contributed by atoms with van der Waals surface area (Å²) in [5.41, 5.74) is 0. The first-order chi connectivity index (χ1) is 4.84. The van der Waals surface area contributed by atoms with Gasteiger partial charge in [-0.3, -0.25) is 0 Å². The summed E-state index contributed by atoms with van der Waals surface area (Å²) in [6.07, 6.45) is 4.09. The minimum atomic E-state index is 0.722. The largest absolute Gasteiger partial charge is 0.435 e. The summed E-state index contributed by atoms with van der Waals surface area (Å²) in [7, 11) is 1.90. The molecule has 1 atom stereocenters. The first kappa shape index (κ1) is 8.74. The first-order valence-corrected chi connectivity index (χ1v) is 4.79. The number of hydrogen-bond donors (Lipinski definition) is 0. The second-order valence-electron chi connectivity index (χ2n) is 2.77. The number of ether oxygens (including phenoxy) is 1. The maximum atomic E-state index is 4.16. The number of halogens is 1. The second-order valence-corrected chi connectivity index (χ2v) is 4.01. The van der Waals surface area contributed by atoms with Crippen LogP contribution in [0.1, 0.15) is 19.3 Å². The van der Waals surface area contributed by atoms with Crippen LogP contribution in [0.25, 0.3) is 0 Å². The molecule has 0 aromatic rings. The Balaban J connectivity index is 2.25. The Morgan fingerprint density at radius 2 is 2.40 bits per heavy atom. The molecule has 1 aliphatic heterocycles. The summed E-state index contributed by atoms with van der Waals surface area (Å²) in [5, 5.41) is 0. The van der Waals surface area contributed by atoms with Gasteiger partial charge in [0.2, 0.25) is 0 Å². The Kier molecular flexibility index (Phi) is 3.95. The van der Waals surface area contributed by atoms with E-state index in [1.54, 1.807) is 0 Å². The van der Waals surface area contributed by atoms with Crippen molar-refractivity contribution in [3.8, 4) is 0 Å². The van der Waals surface area contributed by atoms with Crippen molar-refractivity contribution < 1.29 is 4.74 Å². The van der Waals surface area contributed by atoms with Crippen molar-refractivity contribution in [3.05, 3.63) is 0 Å². The minimum Gasteiger partial charge on any atom is -0.435 e. The SMILES string of the molecule is C[OH+]CC1CCCCN1I. The molecule has 0 aliphatic carbocycles. The molecule has 1 aliphatic rings. The fourth-order valence-corrected chi connectivity index (χ4v) is 2.15. The highest BCUT2D eigenvalue weighted by Gasteiger charge is 2.21. The van der Waals surface area contributed by atoms with Gasteiger partial charge in [0, 0.05) is 29.4 Å². The molecule has 0 aromatic heterocycles. The van der Waals surface area contributed by atoms with Gasteiger partial charge >= 0.3 is 0 Å². The summed E-state index contributed by atoms with van der Waals surface area (Å²) in [6.45, 7) is 2.27. The number of piperidine rings is 1. The molecule has 0 spiro atoms. The van der Waals surface area contributed by atoms with E-state index in [4.69, 9.17) is 0 Å². The summed E-state index contributed by atoms with van der Waals surface area (Å²) in [4.78, 5) is 0. The summed E-state index contributed by atoms with van der Waals surface area (Å²) in [6, 6.07) is 0.722. The molecule has 1 N–H and O–H groups in total. The Labute approximate surface area is 76.4 Å². The van der Waals surface area contributed by atoms with Gasteiger partial charge in [0.1, 0.15) is 7.11 Å². The molecule has 1 rings (SSSR count). The van der Waals surface area contributed by atoms with Gasteiger partial charge in [0.15, 0.2) is 6.61 Å². The van der Waals surface area contributed by atoms with Gasteiger partial charge in [0.05, 0.1) is 6.04 Å². The maximum absolute atomic E-state index is 4.16. The van der Waals surface area contributed by atoms with Crippen molar-refractivity contribution in [2.75, 3.05) is 20.3 Å². The third kappa shape index (κ3) is 2.36. The van der Waals surface area contributed by atoms with Gasteiger partial charge in [-0.25, -0.2) is 3.11 Å². The predicted molar refractivity (Wildman–Crippen MR) is 51.4 cm³/mol. The van der Waals surface area contributed by atoms with E-state index in [0.717, 1.165) is 12.6 Å². The molecule has 10 heavy (non-hydrogen) atoms. The van der Waals surface area contributed by atoms with Crippen molar-refractivity contribution in [2.24, 2.45) is 0 Å². The molecule has 2 nitrogen and oxygen atoms in total. The number of rotatable bonds is 2. The molecule has 0 bridgehead atoms. The van der Waals surface area contributed by atoms with Crippen LogP contribution in [-0.2, 0) is 0 Å². The van der Waals surface area contributed by atoms with E-state index in [9.17, 15) is 0 Å². The van der Waals surface area contributed by atoms with Crippen molar-refractivity contribution in [1.29, 1.82) is 0 Å². The van der Waals surface area contributed by atoms with Crippen LogP contribution in [0.5, 0.6) is 0 Å². The van der Waals surface area contributed by atoms with Crippen LogP contribution in [0.4, 0.5) is 0 Å². The van der Waals surface area contributed by atoms with Crippen LogP contribution < -0.4 is 0 Å². The summed E-state index contributed by atoms with van der Waals surface area (Å²) in [5.74, 6) is 0. The second kappa shape index (κ2) is 4.51. The molecule has 1 fully saturated rings. The smallest absolute Gasteiger partial charge is 0.161 e. The lowest BCUT2D eigenvalue weighted by Crippen LogP contribution is -2.35. The predicted octanol–water partition coefficient (Wildman–Crippen LogP) is 1.35. The topological polar surface area (TPSA) is 16.0 Å². The highest BCUT2D eigenvalue weighted by molar-refractivity contribution is 14.1. The lowest BCUT2D eigenvalue weighted by atomic mass is 10.1. The molecule has 1 heterocycles. The number of aliphatic hydroxyl groups is 2. The molecule has 0 amide bonds. The minimum absolute atomic E-state index is 0.722. The molecule has 1 saturated heterocycles. The highest BCUT2D eigenvalue weighted by atomic mass is 127. The van der Waals surface area contributed by atoms with Crippen molar-refractivity contribution in [1.82, 2.24) is 3.11 Å². The average molecular weight is 256 g/mol. The standard InChI is InChI=1S/C7H14INO/c1-10-6-7-4-2-3-5-9(7)8/h7H,2-6H2,1H3/p+1. The van der Waals surface area contributed by atoms with E-state index in [2.05, 4.69) is 30.7 Å². The monoisotopic (exact) mass is 256 g/mol. The zero-order valence-electron chi connectivity index (χ0n) is 6.39. The van der Waals surface area contributed by atoms with Gasteiger partial charge < -0.3 is 4.74 Å². The van der Waals surface area contributed by atoms with Crippen molar-refractivity contribution in [3.63, 3.8) is 0 Å². The van der Waals surface area contributed by atoms with E-state index in [1.165, 1.54) is 25.8 Å². The fourth-order valence-electron chi connectivity index (χ4n) is 1.36. The van der Waals surface area contributed by atoms with E-state index in [1.807, 2.05) is 7.11 Å². The molecule has 0 radical (unpaired) electrons. The lowest BCUT2D eigenvalue weighted by Gasteiger charge is -2.27. The van der Waals surface area contributed by atoms with Crippen LogP contribution in [0.15, 0.2) is 0 Å². The van der Waals surface area contributed by atoms with Crippen LogP contribution in [0, 0.1) is 0 Å². The zero-order valence-corrected chi connectivity index (χ0v) is 8.54. The summed E-state index contributed by atoms with van der Waals surface area (Å²) >= 11 is 2.42. The molecule has 0 saturated carbocycles. The summed E-state index contributed by atoms with van der Waals surface area (Å²) < 4.78 is 6.56. The molecule has 60 valence electrons. The lowest BCUT2D eigenvalue weighted by molar-refractivity contribution is -0.0168. The third-order valence-electron chi connectivity index (χ3n) is 1.95.